The van der Waals surface area contributed by atoms with Gasteiger partial charge in [0.05, 0.1) is 0 Å². The maximum absolute atomic E-state index is 12.7. The molecule has 0 spiro atoms. The SMILES string of the molecule is Cc1ccc(COc2ccc(Br)cc2/C=C(\C#N)C(=O)Nc2ccc(C)c(C)c2)cc1. The molecule has 0 fully saturated rings. The number of carbonyl (C=O) groups is 1. The quantitative estimate of drug-likeness (QED) is 0.327. The molecule has 3 aromatic carbocycles. The van der Waals surface area contributed by atoms with Crippen LogP contribution in [-0.2, 0) is 11.4 Å². The zero-order valence-corrected chi connectivity index (χ0v) is 19.3. The normalized spacial score (nSPS) is 11.0. The molecule has 0 heterocycles. The van der Waals surface area contributed by atoms with Crippen molar-refractivity contribution in [1.82, 2.24) is 0 Å². The molecule has 0 atom stereocenters. The number of nitrogens with one attached hydrogen (secondary N) is 1. The van der Waals surface area contributed by atoms with Gasteiger partial charge in [0, 0.05) is 15.7 Å². The van der Waals surface area contributed by atoms with Crippen LogP contribution in [0.3, 0.4) is 0 Å². The van der Waals surface area contributed by atoms with Crippen LogP contribution >= 0.6 is 15.9 Å². The number of nitriles is 1. The first-order valence-corrected chi connectivity index (χ1v) is 10.6. The number of hydrogen-bond acceptors (Lipinski definition) is 3. The lowest BCUT2D eigenvalue weighted by Gasteiger charge is -2.11. The molecule has 31 heavy (non-hydrogen) atoms. The van der Waals surface area contributed by atoms with Gasteiger partial charge in [0.15, 0.2) is 0 Å². The highest BCUT2D eigenvalue weighted by Gasteiger charge is 2.12. The maximum atomic E-state index is 12.7. The summed E-state index contributed by atoms with van der Waals surface area (Å²) in [6.45, 7) is 6.41. The van der Waals surface area contributed by atoms with Crippen LogP contribution in [0.4, 0.5) is 5.69 Å². The summed E-state index contributed by atoms with van der Waals surface area (Å²) in [5.41, 5.74) is 5.72. The highest BCUT2D eigenvalue weighted by Crippen LogP contribution is 2.27. The minimum absolute atomic E-state index is 0.00323. The number of halogens is 1. The third-order valence-electron chi connectivity index (χ3n) is 4.92. The standard InChI is InChI=1S/C26H23BrN2O2/c1-17-4-7-20(8-5-17)16-31-25-11-9-23(27)14-21(25)13-22(15-28)26(30)29-24-10-6-18(2)19(3)12-24/h4-14H,16H2,1-3H3,(H,29,30)/b22-13+. The summed E-state index contributed by atoms with van der Waals surface area (Å²) in [6.07, 6.45) is 1.55. The monoisotopic (exact) mass is 474 g/mol. The summed E-state index contributed by atoms with van der Waals surface area (Å²) in [7, 11) is 0. The first kappa shape index (κ1) is 22.3. The third kappa shape index (κ3) is 6.07. The number of hydrogen-bond donors (Lipinski definition) is 1. The molecule has 0 aliphatic rings. The second kappa shape index (κ2) is 10.1. The van der Waals surface area contributed by atoms with Gasteiger partial charge >= 0.3 is 0 Å². The topological polar surface area (TPSA) is 62.1 Å². The third-order valence-corrected chi connectivity index (χ3v) is 5.41. The first-order valence-electron chi connectivity index (χ1n) is 9.84. The van der Waals surface area contributed by atoms with E-state index in [1.54, 1.807) is 6.08 Å². The van der Waals surface area contributed by atoms with Crippen molar-refractivity contribution in [2.75, 3.05) is 5.32 Å². The molecule has 1 amide bonds. The Morgan fingerprint density at radius 2 is 1.77 bits per heavy atom. The molecule has 0 aliphatic heterocycles. The Balaban J connectivity index is 1.82. The van der Waals surface area contributed by atoms with Crippen molar-refractivity contribution in [1.29, 1.82) is 5.26 Å². The second-order valence-corrected chi connectivity index (χ2v) is 8.30. The number of ether oxygens (including phenoxy) is 1. The summed E-state index contributed by atoms with van der Waals surface area (Å²) < 4.78 is 6.81. The molecule has 4 nitrogen and oxygen atoms in total. The number of nitrogens with zero attached hydrogens (tertiary/aromatic N) is 1. The van der Waals surface area contributed by atoms with E-state index in [1.807, 2.05) is 87.5 Å². The largest absolute Gasteiger partial charge is 0.488 e. The number of benzene rings is 3. The molecule has 0 saturated carbocycles. The number of carbonyl (C=O) groups excluding carboxylic acids is 1. The molecule has 0 aliphatic carbocycles. The fourth-order valence-electron chi connectivity index (χ4n) is 2.93. The molecule has 3 aromatic rings. The van der Waals surface area contributed by atoms with E-state index in [1.165, 1.54) is 5.56 Å². The lowest BCUT2D eigenvalue weighted by atomic mass is 10.1. The van der Waals surface area contributed by atoms with Crippen LogP contribution in [0.1, 0.15) is 27.8 Å². The smallest absolute Gasteiger partial charge is 0.266 e. The maximum Gasteiger partial charge on any atom is 0.266 e. The van der Waals surface area contributed by atoms with E-state index in [0.29, 0.717) is 23.6 Å². The lowest BCUT2D eigenvalue weighted by Crippen LogP contribution is -2.13. The van der Waals surface area contributed by atoms with Gasteiger partial charge in [-0.25, -0.2) is 0 Å². The van der Waals surface area contributed by atoms with E-state index in [4.69, 9.17) is 4.74 Å². The Labute approximate surface area is 191 Å². The van der Waals surface area contributed by atoms with Crippen molar-refractivity contribution in [2.24, 2.45) is 0 Å². The Bertz CT molecular complexity index is 1180. The Hall–Kier alpha value is -3.36. The molecule has 0 bridgehead atoms. The van der Waals surface area contributed by atoms with E-state index in [9.17, 15) is 10.1 Å². The van der Waals surface area contributed by atoms with Gasteiger partial charge in [0.2, 0.25) is 0 Å². The number of aryl methyl sites for hydroxylation is 3. The molecular formula is C26H23BrN2O2. The molecule has 1 N–H and O–H groups in total. The van der Waals surface area contributed by atoms with Crippen molar-refractivity contribution in [3.8, 4) is 11.8 Å². The average Bonchev–Trinajstić information content (AvgIpc) is 2.75. The molecule has 0 radical (unpaired) electrons. The van der Waals surface area contributed by atoms with E-state index < -0.39 is 5.91 Å². The van der Waals surface area contributed by atoms with Gasteiger partial charge in [0.25, 0.3) is 5.91 Å². The Morgan fingerprint density at radius 3 is 2.45 bits per heavy atom. The predicted octanol–water partition coefficient (Wildman–Crippen LogP) is 6.50. The zero-order chi connectivity index (χ0) is 22.4. The molecule has 5 heteroatoms. The highest BCUT2D eigenvalue weighted by molar-refractivity contribution is 9.10. The average molecular weight is 475 g/mol. The van der Waals surface area contributed by atoms with Crippen LogP contribution in [0.15, 0.2) is 70.7 Å². The number of rotatable bonds is 6. The van der Waals surface area contributed by atoms with Crippen LogP contribution in [0.5, 0.6) is 5.75 Å². The van der Waals surface area contributed by atoms with Gasteiger partial charge in [-0.15, -0.1) is 0 Å². The van der Waals surface area contributed by atoms with Crippen LogP contribution in [0.2, 0.25) is 0 Å². The number of amides is 1. The van der Waals surface area contributed by atoms with E-state index in [0.717, 1.165) is 21.2 Å². The van der Waals surface area contributed by atoms with Crippen LogP contribution in [0.25, 0.3) is 6.08 Å². The minimum atomic E-state index is -0.463. The van der Waals surface area contributed by atoms with Crippen molar-refractivity contribution in [3.05, 3.63) is 98.5 Å². The van der Waals surface area contributed by atoms with Crippen molar-refractivity contribution in [2.45, 2.75) is 27.4 Å². The van der Waals surface area contributed by atoms with E-state index in [2.05, 4.69) is 21.2 Å². The lowest BCUT2D eigenvalue weighted by molar-refractivity contribution is -0.112. The predicted molar refractivity (Wildman–Crippen MR) is 128 cm³/mol. The molecule has 0 unspecified atom stereocenters. The fourth-order valence-corrected chi connectivity index (χ4v) is 3.31. The van der Waals surface area contributed by atoms with Crippen molar-refractivity contribution < 1.29 is 9.53 Å². The van der Waals surface area contributed by atoms with E-state index in [-0.39, 0.29) is 5.57 Å². The zero-order valence-electron chi connectivity index (χ0n) is 17.7. The van der Waals surface area contributed by atoms with Crippen LogP contribution in [0, 0.1) is 32.1 Å². The minimum Gasteiger partial charge on any atom is -0.488 e. The molecule has 3 rings (SSSR count). The van der Waals surface area contributed by atoms with Gasteiger partial charge < -0.3 is 10.1 Å². The van der Waals surface area contributed by atoms with Crippen molar-refractivity contribution in [3.63, 3.8) is 0 Å². The van der Waals surface area contributed by atoms with Gasteiger partial charge in [0.1, 0.15) is 24.0 Å². The fraction of sp³-hybridized carbons (Fsp3) is 0.154. The summed E-state index contributed by atoms with van der Waals surface area (Å²) in [5.74, 6) is 0.130. The van der Waals surface area contributed by atoms with Gasteiger partial charge in [-0.05, 0) is 73.9 Å². The highest BCUT2D eigenvalue weighted by atomic mass is 79.9. The van der Waals surface area contributed by atoms with Crippen LogP contribution in [-0.4, -0.2) is 5.91 Å². The summed E-state index contributed by atoms with van der Waals surface area (Å²) in [6, 6.07) is 21.3. The Morgan fingerprint density at radius 1 is 1.03 bits per heavy atom. The molecule has 156 valence electrons. The van der Waals surface area contributed by atoms with Gasteiger partial charge in [-0.2, -0.15) is 5.26 Å². The van der Waals surface area contributed by atoms with Crippen molar-refractivity contribution >= 4 is 33.6 Å². The summed E-state index contributed by atoms with van der Waals surface area (Å²) in [5, 5.41) is 12.4. The molecule has 0 aromatic heterocycles. The number of anilines is 1. The van der Waals surface area contributed by atoms with Crippen LogP contribution < -0.4 is 10.1 Å². The summed E-state index contributed by atoms with van der Waals surface area (Å²) in [4.78, 5) is 12.7. The Kier molecular flexibility index (Phi) is 7.28. The van der Waals surface area contributed by atoms with Gasteiger partial charge in [-0.3, -0.25) is 4.79 Å². The van der Waals surface area contributed by atoms with E-state index >= 15 is 0 Å². The van der Waals surface area contributed by atoms with Gasteiger partial charge in [-0.1, -0.05) is 51.8 Å². The summed E-state index contributed by atoms with van der Waals surface area (Å²) >= 11 is 3.45. The molecular weight excluding hydrogens is 452 g/mol. The first-order chi connectivity index (χ1) is 14.9. The molecule has 0 saturated heterocycles. The second-order valence-electron chi connectivity index (χ2n) is 7.38.